The molecule has 0 saturated carbocycles. The van der Waals surface area contributed by atoms with Crippen molar-refractivity contribution in [1.82, 2.24) is 15.1 Å². The van der Waals surface area contributed by atoms with Crippen molar-refractivity contribution in [2.45, 2.75) is 6.42 Å². The van der Waals surface area contributed by atoms with Crippen molar-refractivity contribution >= 4 is 17.8 Å². The van der Waals surface area contributed by atoms with Crippen LogP contribution in [0.1, 0.15) is 16.8 Å². The molecular weight excluding hydrogens is 312 g/mol. The number of methoxy groups -OCH3 is 1. The Morgan fingerprint density at radius 3 is 2.58 bits per heavy atom. The molecule has 8 heteroatoms. The van der Waals surface area contributed by atoms with Crippen LogP contribution in [-0.4, -0.2) is 67.5 Å². The molecule has 0 radical (unpaired) electrons. The highest BCUT2D eigenvalue weighted by atomic mass is 16.5. The van der Waals surface area contributed by atoms with Crippen LogP contribution in [0.25, 0.3) is 0 Å². The lowest BCUT2D eigenvalue weighted by Gasteiger charge is -2.21. The van der Waals surface area contributed by atoms with Crippen molar-refractivity contribution in [2.75, 3.05) is 39.8 Å². The Kier molecular flexibility index (Phi) is 6.00. The molecule has 1 aromatic carbocycles. The summed E-state index contributed by atoms with van der Waals surface area (Å²) in [6.07, 6.45) is 0.665. The number of amides is 4. The van der Waals surface area contributed by atoms with E-state index in [1.165, 1.54) is 12.0 Å². The topological polar surface area (TPSA) is 105 Å². The minimum atomic E-state index is -0.476. The van der Waals surface area contributed by atoms with Gasteiger partial charge in [-0.3, -0.25) is 9.59 Å². The fraction of sp³-hybridized carbons (Fsp3) is 0.438. The van der Waals surface area contributed by atoms with E-state index in [-0.39, 0.29) is 18.4 Å². The van der Waals surface area contributed by atoms with E-state index in [1.54, 1.807) is 29.2 Å². The van der Waals surface area contributed by atoms with Gasteiger partial charge in [0.15, 0.2) is 0 Å². The summed E-state index contributed by atoms with van der Waals surface area (Å²) in [5.74, 6) is 0.0569. The van der Waals surface area contributed by atoms with Gasteiger partial charge >= 0.3 is 6.03 Å². The predicted octanol–water partition coefficient (Wildman–Crippen LogP) is 0.0380. The Morgan fingerprint density at radius 1 is 1.17 bits per heavy atom. The van der Waals surface area contributed by atoms with Gasteiger partial charge in [-0.1, -0.05) is 6.07 Å². The third kappa shape index (κ3) is 4.61. The van der Waals surface area contributed by atoms with Gasteiger partial charge in [-0.25, -0.2) is 4.79 Å². The first-order valence-corrected chi connectivity index (χ1v) is 7.75. The fourth-order valence-corrected chi connectivity index (χ4v) is 2.52. The molecule has 1 aliphatic rings. The normalized spacial score (nSPS) is 14.7. The largest absolute Gasteiger partial charge is 0.497 e. The standard InChI is InChI=1S/C16H22N4O4/c1-24-13-5-2-4-12(10-13)15(22)18-11-14(21)19-6-3-7-20(9-8-19)16(17)23/h2,4-5,10H,3,6-9,11H2,1H3,(H2,17,23)(H,18,22). The zero-order chi connectivity index (χ0) is 17.5. The zero-order valence-corrected chi connectivity index (χ0v) is 13.7. The molecule has 1 fully saturated rings. The quantitative estimate of drug-likeness (QED) is 0.811. The van der Waals surface area contributed by atoms with E-state index >= 15 is 0 Å². The van der Waals surface area contributed by atoms with Gasteiger partial charge in [0.25, 0.3) is 5.91 Å². The van der Waals surface area contributed by atoms with Gasteiger partial charge in [-0.15, -0.1) is 0 Å². The Labute approximate surface area is 140 Å². The molecule has 24 heavy (non-hydrogen) atoms. The zero-order valence-electron chi connectivity index (χ0n) is 13.7. The smallest absolute Gasteiger partial charge is 0.314 e. The Hall–Kier alpha value is -2.77. The molecule has 2 rings (SSSR count). The van der Waals surface area contributed by atoms with Crippen molar-refractivity contribution in [2.24, 2.45) is 5.73 Å². The van der Waals surface area contributed by atoms with Crippen LogP contribution in [0.3, 0.4) is 0 Å². The molecule has 3 N–H and O–H groups in total. The molecule has 4 amide bonds. The van der Waals surface area contributed by atoms with Crippen molar-refractivity contribution in [3.8, 4) is 5.75 Å². The summed E-state index contributed by atoms with van der Waals surface area (Å²) >= 11 is 0. The summed E-state index contributed by atoms with van der Waals surface area (Å²) in [6, 6.07) is 6.23. The van der Waals surface area contributed by atoms with Gasteiger partial charge in [-0.2, -0.15) is 0 Å². The average molecular weight is 334 g/mol. The Balaban J connectivity index is 1.86. The van der Waals surface area contributed by atoms with Crippen LogP contribution in [-0.2, 0) is 4.79 Å². The molecule has 0 aromatic heterocycles. The van der Waals surface area contributed by atoms with Crippen LogP contribution >= 0.6 is 0 Å². The molecule has 130 valence electrons. The first-order chi connectivity index (χ1) is 11.5. The van der Waals surface area contributed by atoms with Gasteiger partial charge in [0, 0.05) is 31.7 Å². The predicted molar refractivity (Wildman–Crippen MR) is 87.7 cm³/mol. The average Bonchev–Trinajstić information content (AvgIpc) is 2.85. The molecule has 0 aliphatic carbocycles. The van der Waals surface area contributed by atoms with Crippen LogP contribution in [0.2, 0.25) is 0 Å². The van der Waals surface area contributed by atoms with Gasteiger partial charge in [0.05, 0.1) is 13.7 Å². The maximum absolute atomic E-state index is 12.2. The number of rotatable bonds is 4. The van der Waals surface area contributed by atoms with Crippen LogP contribution in [0.4, 0.5) is 4.79 Å². The number of benzene rings is 1. The van der Waals surface area contributed by atoms with E-state index in [0.717, 1.165) is 0 Å². The summed E-state index contributed by atoms with van der Waals surface area (Å²) in [7, 11) is 1.52. The van der Waals surface area contributed by atoms with Crippen molar-refractivity contribution in [3.05, 3.63) is 29.8 Å². The first kappa shape index (κ1) is 17.6. The van der Waals surface area contributed by atoms with E-state index < -0.39 is 6.03 Å². The first-order valence-electron chi connectivity index (χ1n) is 7.75. The fourth-order valence-electron chi connectivity index (χ4n) is 2.52. The number of primary amides is 1. The molecule has 0 atom stereocenters. The number of carbonyl (C=O) groups is 3. The highest BCUT2D eigenvalue weighted by Crippen LogP contribution is 2.12. The second kappa shape index (κ2) is 8.19. The number of nitrogens with one attached hydrogen (secondary N) is 1. The molecule has 1 aromatic rings. The number of nitrogens with zero attached hydrogens (tertiary/aromatic N) is 2. The van der Waals surface area contributed by atoms with E-state index in [9.17, 15) is 14.4 Å². The molecule has 0 bridgehead atoms. The van der Waals surface area contributed by atoms with E-state index in [0.29, 0.717) is 43.9 Å². The van der Waals surface area contributed by atoms with Gasteiger partial charge in [-0.05, 0) is 24.6 Å². The molecule has 1 heterocycles. The summed E-state index contributed by atoms with van der Waals surface area (Å²) < 4.78 is 5.07. The molecule has 8 nitrogen and oxygen atoms in total. The number of hydrogen-bond donors (Lipinski definition) is 2. The molecule has 1 saturated heterocycles. The molecule has 0 spiro atoms. The summed E-state index contributed by atoms with van der Waals surface area (Å²) in [6.45, 7) is 1.81. The van der Waals surface area contributed by atoms with Crippen molar-refractivity contribution in [1.29, 1.82) is 0 Å². The van der Waals surface area contributed by atoms with E-state index in [1.807, 2.05) is 0 Å². The maximum Gasteiger partial charge on any atom is 0.314 e. The Bertz CT molecular complexity index is 620. The number of nitrogens with two attached hydrogens (primary N) is 1. The second-order valence-electron chi connectivity index (χ2n) is 5.47. The van der Waals surface area contributed by atoms with Gasteiger partial charge in [0.2, 0.25) is 5.91 Å². The van der Waals surface area contributed by atoms with Gasteiger partial charge in [0.1, 0.15) is 5.75 Å². The van der Waals surface area contributed by atoms with Crippen molar-refractivity contribution < 1.29 is 19.1 Å². The van der Waals surface area contributed by atoms with E-state index in [4.69, 9.17) is 10.5 Å². The SMILES string of the molecule is COc1cccc(C(=O)NCC(=O)N2CCCN(C(N)=O)CC2)c1. The molecule has 1 aliphatic heterocycles. The van der Waals surface area contributed by atoms with Gasteiger partial charge < -0.3 is 25.6 Å². The summed E-state index contributed by atoms with van der Waals surface area (Å²) in [5, 5.41) is 2.61. The lowest BCUT2D eigenvalue weighted by atomic mass is 10.2. The van der Waals surface area contributed by atoms with Crippen LogP contribution in [0.5, 0.6) is 5.75 Å². The van der Waals surface area contributed by atoms with Crippen LogP contribution in [0, 0.1) is 0 Å². The third-order valence-electron chi connectivity index (χ3n) is 3.89. The summed E-state index contributed by atoms with van der Waals surface area (Å²) in [5.41, 5.74) is 5.69. The second-order valence-corrected chi connectivity index (χ2v) is 5.47. The highest BCUT2D eigenvalue weighted by molar-refractivity contribution is 5.96. The van der Waals surface area contributed by atoms with E-state index in [2.05, 4.69) is 5.32 Å². The van der Waals surface area contributed by atoms with Crippen LogP contribution in [0.15, 0.2) is 24.3 Å². The minimum absolute atomic E-state index is 0.0907. The molecule has 0 unspecified atom stereocenters. The lowest BCUT2D eigenvalue weighted by molar-refractivity contribution is -0.129. The van der Waals surface area contributed by atoms with Crippen molar-refractivity contribution in [3.63, 3.8) is 0 Å². The molecular formula is C16H22N4O4. The highest BCUT2D eigenvalue weighted by Gasteiger charge is 2.21. The Morgan fingerprint density at radius 2 is 1.88 bits per heavy atom. The number of ether oxygens (including phenoxy) is 1. The monoisotopic (exact) mass is 334 g/mol. The van der Waals surface area contributed by atoms with Crippen LogP contribution < -0.4 is 15.8 Å². The maximum atomic E-state index is 12.2. The minimum Gasteiger partial charge on any atom is -0.497 e. The number of hydrogen-bond acceptors (Lipinski definition) is 4. The lowest BCUT2D eigenvalue weighted by Crippen LogP contribution is -2.43. The third-order valence-corrected chi connectivity index (χ3v) is 3.89. The number of carbonyl (C=O) groups excluding carboxylic acids is 3. The number of urea groups is 1. The summed E-state index contributed by atoms with van der Waals surface area (Å²) in [4.78, 5) is 38.7.